The van der Waals surface area contributed by atoms with Crippen molar-refractivity contribution in [1.82, 2.24) is 9.80 Å². The van der Waals surface area contributed by atoms with Crippen LogP contribution in [0.5, 0.6) is 0 Å². The first-order valence-electron chi connectivity index (χ1n) is 8.17. The van der Waals surface area contributed by atoms with Gasteiger partial charge in [-0.15, -0.1) is 0 Å². The van der Waals surface area contributed by atoms with Crippen LogP contribution in [-0.4, -0.2) is 53.9 Å². The summed E-state index contributed by atoms with van der Waals surface area (Å²) in [6.45, 7) is 8.37. The lowest BCUT2D eigenvalue weighted by atomic mass is 9.74. The molecule has 1 aliphatic rings. The van der Waals surface area contributed by atoms with Crippen molar-refractivity contribution in [3.8, 4) is 0 Å². The van der Waals surface area contributed by atoms with E-state index in [0.717, 1.165) is 19.6 Å². The van der Waals surface area contributed by atoms with Gasteiger partial charge in [0.25, 0.3) is 0 Å². The van der Waals surface area contributed by atoms with Gasteiger partial charge in [0.05, 0.1) is 4.99 Å². The molecule has 1 rings (SSSR count). The fourth-order valence-electron chi connectivity index (χ4n) is 3.06. The maximum atomic E-state index is 12.1. The average molecular weight is 314 g/mol. The van der Waals surface area contributed by atoms with Gasteiger partial charge < -0.3 is 15.5 Å². The summed E-state index contributed by atoms with van der Waals surface area (Å²) in [6.07, 6.45) is 6.29. The van der Waals surface area contributed by atoms with Crippen LogP contribution in [-0.2, 0) is 4.79 Å². The number of hydrogen-bond acceptors (Lipinski definition) is 3. The molecule has 2 N–H and O–H groups in total. The maximum Gasteiger partial charge on any atom is 0.223 e. The number of amides is 1. The highest BCUT2D eigenvalue weighted by Crippen LogP contribution is 2.37. The van der Waals surface area contributed by atoms with Crippen molar-refractivity contribution in [1.29, 1.82) is 0 Å². The van der Waals surface area contributed by atoms with Crippen LogP contribution in [0.15, 0.2) is 0 Å². The van der Waals surface area contributed by atoms with Crippen molar-refractivity contribution >= 4 is 23.1 Å². The molecule has 0 spiro atoms. The monoisotopic (exact) mass is 313 g/mol. The molecule has 0 saturated carbocycles. The highest BCUT2D eigenvalue weighted by molar-refractivity contribution is 7.80. The van der Waals surface area contributed by atoms with Gasteiger partial charge in [0.1, 0.15) is 0 Å². The van der Waals surface area contributed by atoms with Crippen LogP contribution >= 0.6 is 12.2 Å². The summed E-state index contributed by atoms with van der Waals surface area (Å²) in [5.41, 5.74) is 6.02. The Morgan fingerprint density at radius 1 is 1.24 bits per heavy atom. The molecule has 1 heterocycles. The quantitative estimate of drug-likeness (QED) is 0.699. The van der Waals surface area contributed by atoms with Crippen LogP contribution in [0.1, 0.15) is 52.4 Å². The minimum atomic E-state index is 0.189. The summed E-state index contributed by atoms with van der Waals surface area (Å²) in [5.74, 6) is 0.189. The van der Waals surface area contributed by atoms with Gasteiger partial charge in [-0.3, -0.25) is 4.79 Å². The molecule has 0 aliphatic carbocycles. The van der Waals surface area contributed by atoms with E-state index in [1.807, 2.05) is 7.05 Å². The van der Waals surface area contributed by atoms with E-state index in [2.05, 4.69) is 18.7 Å². The highest BCUT2D eigenvalue weighted by Gasteiger charge is 2.31. The third-order valence-corrected chi connectivity index (χ3v) is 5.38. The maximum absolute atomic E-state index is 12.1. The van der Waals surface area contributed by atoms with E-state index in [9.17, 15) is 4.79 Å². The van der Waals surface area contributed by atoms with E-state index in [4.69, 9.17) is 18.0 Å². The first-order valence-corrected chi connectivity index (χ1v) is 8.58. The van der Waals surface area contributed by atoms with Gasteiger partial charge in [-0.2, -0.15) is 0 Å². The zero-order valence-electron chi connectivity index (χ0n) is 13.9. The first-order chi connectivity index (χ1) is 9.92. The van der Waals surface area contributed by atoms with Gasteiger partial charge in [-0.05, 0) is 31.3 Å². The van der Waals surface area contributed by atoms with Crippen molar-refractivity contribution < 1.29 is 4.79 Å². The van der Waals surface area contributed by atoms with Crippen molar-refractivity contribution in [2.45, 2.75) is 52.4 Å². The van der Waals surface area contributed by atoms with E-state index in [1.54, 1.807) is 4.90 Å². The molecule has 1 amide bonds. The number of thiocarbonyl (C=S) groups is 1. The molecule has 4 nitrogen and oxygen atoms in total. The number of nitrogens with zero attached hydrogens (tertiary/aromatic N) is 2. The number of piperidine rings is 1. The Bertz CT molecular complexity index is 345. The molecule has 0 bridgehead atoms. The largest absolute Gasteiger partial charge is 0.393 e. The lowest BCUT2D eigenvalue weighted by Gasteiger charge is -2.41. The second-order valence-corrected chi connectivity index (χ2v) is 6.85. The van der Waals surface area contributed by atoms with Crippen LogP contribution in [0.2, 0.25) is 0 Å². The summed E-state index contributed by atoms with van der Waals surface area (Å²) >= 11 is 4.84. The molecule has 1 saturated heterocycles. The van der Waals surface area contributed by atoms with Crippen LogP contribution in [0, 0.1) is 5.41 Å². The normalized spacial score (nSPS) is 18.4. The van der Waals surface area contributed by atoms with Crippen molar-refractivity contribution in [2.75, 3.05) is 33.2 Å². The number of hydrogen-bond donors (Lipinski definition) is 1. The number of carbonyl (C=O) groups excluding carboxylic acids is 1. The van der Waals surface area contributed by atoms with Crippen molar-refractivity contribution in [3.05, 3.63) is 0 Å². The summed E-state index contributed by atoms with van der Waals surface area (Å²) in [6, 6.07) is 0. The Morgan fingerprint density at radius 2 is 1.81 bits per heavy atom. The van der Waals surface area contributed by atoms with Gasteiger partial charge in [0.15, 0.2) is 0 Å². The zero-order chi connectivity index (χ0) is 15.9. The van der Waals surface area contributed by atoms with Crippen LogP contribution in [0.3, 0.4) is 0 Å². The second kappa shape index (κ2) is 8.69. The van der Waals surface area contributed by atoms with E-state index in [1.165, 1.54) is 25.7 Å². The third-order valence-electron chi connectivity index (χ3n) is 5.18. The molecule has 0 atom stereocenters. The van der Waals surface area contributed by atoms with Gasteiger partial charge in [-0.25, -0.2) is 0 Å². The van der Waals surface area contributed by atoms with Gasteiger partial charge in [-0.1, -0.05) is 38.9 Å². The van der Waals surface area contributed by atoms with E-state index in [-0.39, 0.29) is 5.91 Å². The highest BCUT2D eigenvalue weighted by atomic mass is 32.1. The lowest BCUT2D eigenvalue weighted by molar-refractivity contribution is -0.130. The molecule has 1 aliphatic heterocycles. The van der Waals surface area contributed by atoms with Crippen LogP contribution < -0.4 is 5.73 Å². The van der Waals surface area contributed by atoms with Gasteiger partial charge in [0.2, 0.25) is 5.91 Å². The zero-order valence-corrected chi connectivity index (χ0v) is 14.7. The average Bonchev–Trinajstić information content (AvgIpc) is 2.50. The third kappa shape index (κ3) is 5.91. The number of carbonyl (C=O) groups is 1. The van der Waals surface area contributed by atoms with Crippen molar-refractivity contribution in [2.24, 2.45) is 11.1 Å². The van der Waals surface area contributed by atoms with Crippen molar-refractivity contribution in [3.63, 3.8) is 0 Å². The van der Waals surface area contributed by atoms with E-state index < -0.39 is 0 Å². The summed E-state index contributed by atoms with van der Waals surface area (Å²) < 4.78 is 0. The molecular weight excluding hydrogens is 282 g/mol. The standard InChI is InChI=1S/C16H31N3OS/c1-4-16(5-2)8-12-19(13-9-16)11-7-15(20)18(3)10-6-14(17)21/h4-13H2,1-3H3,(H2,17,21). The number of rotatable bonds is 8. The Labute approximate surface area is 135 Å². The minimum absolute atomic E-state index is 0.189. The fraction of sp³-hybridized carbons (Fsp3) is 0.875. The lowest BCUT2D eigenvalue weighted by Crippen LogP contribution is -2.41. The SMILES string of the molecule is CCC1(CC)CCN(CCC(=O)N(C)CCC(N)=S)CC1. The topological polar surface area (TPSA) is 49.6 Å². The predicted octanol–water partition coefficient (Wildman–Crippen LogP) is 2.41. The molecule has 0 aromatic carbocycles. The fourth-order valence-corrected chi connectivity index (χ4v) is 3.15. The molecule has 5 heteroatoms. The molecule has 21 heavy (non-hydrogen) atoms. The Kier molecular flexibility index (Phi) is 7.60. The predicted molar refractivity (Wildman–Crippen MR) is 92.3 cm³/mol. The Balaban J connectivity index is 2.27. The minimum Gasteiger partial charge on any atom is -0.393 e. The summed E-state index contributed by atoms with van der Waals surface area (Å²) in [4.78, 5) is 16.7. The first kappa shape index (κ1) is 18.4. The Hall–Kier alpha value is -0.680. The molecule has 0 radical (unpaired) electrons. The van der Waals surface area contributed by atoms with Crippen LogP contribution in [0.4, 0.5) is 0 Å². The van der Waals surface area contributed by atoms with E-state index in [0.29, 0.717) is 29.8 Å². The van der Waals surface area contributed by atoms with Crippen LogP contribution in [0.25, 0.3) is 0 Å². The second-order valence-electron chi connectivity index (χ2n) is 6.33. The van der Waals surface area contributed by atoms with Gasteiger partial charge in [0, 0.05) is 33.0 Å². The van der Waals surface area contributed by atoms with Gasteiger partial charge >= 0.3 is 0 Å². The summed E-state index contributed by atoms with van der Waals surface area (Å²) in [5, 5.41) is 0. The number of likely N-dealkylation sites (tertiary alicyclic amines) is 1. The molecule has 0 unspecified atom stereocenters. The molecule has 0 aromatic rings. The Morgan fingerprint density at radius 3 is 2.29 bits per heavy atom. The van der Waals surface area contributed by atoms with E-state index >= 15 is 0 Å². The number of nitrogens with two attached hydrogens (primary N) is 1. The molecule has 0 aromatic heterocycles. The molecule has 1 fully saturated rings. The molecule has 122 valence electrons. The molecular formula is C16H31N3OS. The summed E-state index contributed by atoms with van der Waals surface area (Å²) in [7, 11) is 1.83. The smallest absolute Gasteiger partial charge is 0.223 e.